The first-order chi connectivity index (χ1) is 10.8. The van der Waals surface area contributed by atoms with E-state index in [9.17, 15) is 4.79 Å². The van der Waals surface area contributed by atoms with E-state index in [4.69, 9.17) is 22.1 Å². The molecule has 3 atom stereocenters. The van der Waals surface area contributed by atoms with Crippen LogP contribution in [0.2, 0.25) is 5.02 Å². The van der Waals surface area contributed by atoms with Crippen LogP contribution in [0.4, 0.5) is 0 Å². The monoisotopic (exact) mass is 372 g/mol. The third-order valence-electron chi connectivity index (χ3n) is 5.75. The van der Waals surface area contributed by atoms with Crippen molar-refractivity contribution < 1.29 is 9.53 Å². The van der Waals surface area contributed by atoms with E-state index in [1.165, 1.54) is 0 Å². The average molecular weight is 373 g/mol. The van der Waals surface area contributed by atoms with E-state index in [2.05, 4.69) is 0 Å². The molecule has 1 heterocycles. The Balaban J connectivity index is 0.00000208. The first kappa shape index (κ1) is 19.5. The molecule has 4 nitrogen and oxygen atoms in total. The number of nitrogens with two attached hydrogens (primary N) is 1. The van der Waals surface area contributed by atoms with E-state index < -0.39 is 5.54 Å². The predicted molar refractivity (Wildman–Crippen MR) is 98.3 cm³/mol. The maximum Gasteiger partial charge on any atom is 0.243 e. The molecule has 6 heteroatoms. The Hall–Kier alpha value is -0.810. The second-order valence-electron chi connectivity index (χ2n) is 7.38. The highest BCUT2D eigenvalue weighted by atomic mass is 35.5. The van der Waals surface area contributed by atoms with Gasteiger partial charge >= 0.3 is 0 Å². The fraction of sp³-hybridized carbons (Fsp3) is 0.611. The van der Waals surface area contributed by atoms with Gasteiger partial charge in [-0.15, -0.1) is 12.4 Å². The number of carbonyl (C=O) groups is 1. The van der Waals surface area contributed by atoms with Crippen molar-refractivity contribution in [3.05, 3.63) is 34.9 Å². The molecule has 1 saturated carbocycles. The van der Waals surface area contributed by atoms with Crippen LogP contribution in [0, 0.1) is 11.3 Å². The Morgan fingerprint density at radius 1 is 1.42 bits per heavy atom. The zero-order valence-corrected chi connectivity index (χ0v) is 16.0. The van der Waals surface area contributed by atoms with Gasteiger partial charge in [-0.25, -0.2) is 0 Å². The van der Waals surface area contributed by atoms with Crippen molar-refractivity contribution in [3.8, 4) is 0 Å². The Kier molecular flexibility index (Phi) is 5.55. The van der Waals surface area contributed by atoms with Crippen molar-refractivity contribution in [2.45, 2.75) is 44.9 Å². The first-order valence-corrected chi connectivity index (χ1v) is 8.57. The fourth-order valence-electron chi connectivity index (χ4n) is 4.28. The average Bonchev–Trinajstić information content (AvgIpc) is 2.55. The minimum absolute atomic E-state index is 0. The summed E-state index contributed by atoms with van der Waals surface area (Å²) in [5.74, 6) is 0.0848. The van der Waals surface area contributed by atoms with Crippen LogP contribution in [0.25, 0.3) is 0 Å². The van der Waals surface area contributed by atoms with Gasteiger partial charge in [-0.2, -0.15) is 0 Å². The summed E-state index contributed by atoms with van der Waals surface area (Å²) in [6.07, 6.45) is 2.01. The van der Waals surface area contributed by atoms with Crippen LogP contribution < -0.4 is 5.73 Å². The number of halogens is 2. The summed E-state index contributed by atoms with van der Waals surface area (Å²) < 4.78 is 5.88. The number of hydrogen-bond acceptors (Lipinski definition) is 3. The number of hydrogen-bond donors (Lipinski definition) is 1. The molecule has 0 aromatic heterocycles. The lowest BCUT2D eigenvalue weighted by atomic mass is 9.46. The lowest BCUT2D eigenvalue weighted by Crippen LogP contribution is -2.82. The number of benzene rings is 1. The van der Waals surface area contributed by atoms with Crippen molar-refractivity contribution in [2.24, 2.45) is 17.1 Å². The minimum Gasteiger partial charge on any atom is -0.377 e. The summed E-state index contributed by atoms with van der Waals surface area (Å²) in [6, 6.07) is 7.59. The molecule has 1 aliphatic carbocycles. The third kappa shape index (κ3) is 2.74. The molecule has 1 saturated heterocycles. The van der Waals surface area contributed by atoms with E-state index in [0.717, 1.165) is 25.0 Å². The SMILES string of the molecule is CN(Cc1ccccc1Cl)C(=O)C1(N)C2CCCOC2C1(C)C.Cl. The van der Waals surface area contributed by atoms with Crippen LogP contribution in [0.1, 0.15) is 32.3 Å². The molecule has 0 bridgehead atoms. The standard InChI is InChI=1S/C18H25ClN2O2.ClH/c1-17(2)15-13(8-6-10-23-15)18(17,20)16(22)21(3)11-12-7-4-5-9-14(12)19;/h4-5,7,9,13,15H,6,8,10-11,20H2,1-3H3;1H. The van der Waals surface area contributed by atoms with Crippen LogP contribution >= 0.6 is 24.0 Å². The number of rotatable bonds is 3. The van der Waals surface area contributed by atoms with Crippen LogP contribution in [0.3, 0.4) is 0 Å². The van der Waals surface area contributed by atoms with Crippen LogP contribution in [0.15, 0.2) is 24.3 Å². The van der Waals surface area contributed by atoms with Gasteiger partial charge in [0, 0.05) is 36.6 Å². The van der Waals surface area contributed by atoms with E-state index in [0.29, 0.717) is 11.6 Å². The molecule has 1 amide bonds. The van der Waals surface area contributed by atoms with Crippen LogP contribution in [-0.4, -0.2) is 36.1 Å². The molecule has 2 aliphatic rings. The van der Waals surface area contributed by atoms with Crippen molar-refractivity contribution in [1.29, 1.82) is 0 Å². The quantitative estimate of drug-likeness (QED) is 0.885. The second-order valence-corrected chi connectivity index (χ2v) is 7.79. The van der Waals surface area contributed by atoms with Crippen LogP contribution in [-0.2, 0) is 16.1 Å². The molecule has 1 aromatic rings. The Labute approximate surface area is 155 Å². The Bertz CT molecular complexity index is 623. The molecule has 1 aliphatic heterocycles. The largest absolute Gasteiger partial charge is 0.377 e. The van der Waals surface area contributed by atoms with Gasteiger partial charge in [-0.1, -0.05) is 43.6 Å². The number of carbonyl (C=O) groups excluding carboxylic acids is 1. The lowest BCUT2D eigenvalue weighted by Gasteiger charge is -2.65. The van der Waals surface area contributed by atoms with Gasteiger partial charge in [0.25, 0.3) is 0 Å². The summed E-state index contributed by atoms with van der Waals surface area (Å²) in [5.41, 5.74) is 6.38. The number of likely N-dealkylation sites (N-methyl/N-ethyl adjacent to an activating group) is 1. The molecule has 134 valence electrons. The van der Waals surface area contributed by atoms with Crippen LogP contribution in [0.5, 0.6) is 0 Å². The summed E-state index contributed by atoms with van der Waals surface area (Å²) in [7, 11) is 1.80. The van der Waals surface area contributed by atoms with E-state index in [1.54, 1.807) is 11.9 Å². The molecule has 2 fully saturated rings. The molecule has 24 heavy (non-hydrogen) atoms. The van der Waals surface area contributed by atoms with Gasteiger partial charge in [-0.05, 0) is 24.5 Å². The first-order valence-electron chi connectivity index (χ1n) is 8.19. The van der Waals surface area contributed by atoms with E-state index >= 15 is 0 Å². The summed E-state index contributed by atoms with van der Waals surface area (Å²) in [4.78, 5) is 14.8. The number of fused-ring (bicyclic) bond motifs is 1. The van der Waals surface area contributed by atoms with Gasteiger partial charge in [0.05, 0.1) is 6.10 Å². The highest BCUT2D eigenvalue weighted by Crippen LogP contribution is 2.57. The molecule has 3 unspecified atom stereocenters. The Morgan fingerprint density at radius 2 is 2.08 bits per heavy atom. The fourth-order valence-corrected chi connectivity index (χ4v) is 4.48. The Morgan fingerprint density at radius 3 is 2.75 bits per heavy atom. The van der Waals surface area contributed by atoms with Crippen molar-refractivity contribution in [3.63, 3.8) is 0 Å². The molecule has 0 radical (unpaired) electrons. The zero-order valence-electron chi connectivity index (χ0n) is 14.4. The predicted octanol–water partition coefficient (Wildman–Crippen LogP) is 3.25. The normalized spacial score (nSPS) is 30.5. The van der Waals surface area contributed by atoms with E-state index in [1.807, 2.05) is 38.1 Å². The summed E-state index contributed by atoms with van der Waals surface area (Å²) in [5, 5.41) is 0.671. The maximum atomic E-state index is 13.1. The molecule has 1 aromatic carbocycles. The summed E-state index contributed by atoms with van der Waals surface area (Å²) in [6.45, 7) is 5.32. The summed E-state index contributed by atoms with van der Waals surface area (Å²) >= 11 is 6.21. The van der Waals surface area contributed by atoms with Crippen molar-refractivity contribution in [1.82, 2.24) is 4.90 Å². The third-order valence-corrected chi connectivity index (χ3v) is 6.12. The van der Waals surface area contributed by atoms with Gasteiger partial charge in [0.1, 0.15) is 5.54 Å². The highest BCUT2D eigenvalue weighted by Gasteiger charge is 2.70. The lowest BCUT2D eigenvalue weighted by molar-refractivity contribution is -0.229. The molecule has 2 N–H and O–H groups in total. The number of amides is 1. The molecule has 3 rings (SSSR count). The van der Waals surface area contributed by atoms with Gasteiger partial charge in [0.15, 0.2) is 0 Å². The maximum absolute atomic E-state index is 13.1. The van der Waals surface area contributed by atoms with E-state index in [-0.39, 0.29) is 35.8 Å². The van der Waals surface area contributed by atoms with Gasteiger partial charge in [0.2, 0.25) is 5.91 Å². The number of nitrogens with zero attached hydrogens (tertiary/aromatic N) is 1. The molecular weight excluding hydrogens is 347 g/mol. The smallest absolute Gasteiger partial charge is 0.243 e. The molecule has 0 spiro atoms. The second kappa shape index (κ2) is 6.83. The number of ether oxygens (including phenoxy) is 1. The van der Waals surface area contributed by atoms with Gasteiger partial charge < -0.3 is 15.4 Å². The molecular formula is C18H26Cl2N2O2. The van der Waals surface area contributed by atoms with Crippen molar-refractivity contribution >= 4 is 29.9 Å². The topological polar surface area (TPSA) is 55.6 Å². The van der Waals surface area contributed by atoms with Crippen molar-refractivity contribution in [2.75, 3.05) is 13.7 Å². The highest BCUT2D eigenvalue weighted by molar-refractivity contribution is 6.31. The van der Waals surface area contributed by atoms with Gasteiger partial charge in [-0.3, -0.25) is 4.79 Å². The zero-order chi connectivity index (χ0) is 16.8. The minimum atomic E-state index is -0.867.